The van der Waals surface area contributed by atoms with Crippen LogP contribution in [-0.4, -0.2) is 13.2 Å². The maximum absolute atomic E-state index is 14.1. The summed E-state index contributed by atoms with van der Waals surface area (Å²) in [6, 6.07) is 5.69. The Bertz CT molecular complexity index is 413. The molecule has 1 aromatic rings. The summed E-state index contributed by atoms with van der Waals surface area (Å²) in [5, 5.41) is 3.60. The fourth-order valence-electron chi connectivity index (χ4n) is 3.05. The van der Waals surface area contributed by atoms with Crippen molar-refractivity contribution in [3.8, 4) is 5.75 Å². The maximum Gasteiger partial charge on any atom is 0.131 e. The van der Waals surface area contributed by atoms with Crippen molar-refractivity contribution in [2.24, 2.45) is 0 Å². The summed E-state index contributed by atoms with van der Waals surface area (Å²) in [7, 11) is 1.56. The first kappa shape index (κ1) is 15.3. The molecule has 1 N–H and O–H groups in total. The highest BCUT2D eigenvalue weighted by atomic mass is 19.1. The van der Waals surface area contributed by atoms with Crippen LogP contribution in [0.4, 0.5) is 4.39 Å². The Balaban J connectivity index is 1.97. The molecule has 0 saturated heterocycles. The van der Waals surface area contributed by atoms with Crippen LogP contribution in [0, 0.1) is 5.82 Å². The van der Waals surface area contributed by atoms with E-state index in [4.69, 9.17) is 4.74 Å². The SMILES string of the molecule is COc1ccc(C(C)NC2CCCCCCC2)c(F)c1. The lowest BCUT2D eigenvalue weighted by Gasteiger charge is -2.25. The molecule has 2 nitrogen and oxygen atoms in total. The van der Waals surface area contributed by atoms with E-state index < -0.39 is 0 Å². The largest absolute Gasteiger partial charge is 0.497 e. The summed E-state index contributed by atoms with van der Waals surface area (Å²) in [5.41, 5.74) is 0.729. The van der Waals surface area contributed by atoms with Gasteiger partial charge in [0.1, 0.15) is 11.6 Å². The van der Waals surface area contributed by atoms with Gasteiger partial charge in [-0.3, -0.25) is 0 Å². The molecule has 3 heteroatoms. The van der Waals surface area contributed by atoms with Gasteiger partial charge in [-0.05, 0) is 25.8 Å². The molecule has 0 spiro atoms. The number of rotatable bonds is 4. The summed E-state index contributed by atoms with van der Waals surface area (Å²) < 4.78 is 19.1. The molecule has 1 saturated carbocycles. The van der Waals surface area contributed by atoms with E-state index in [-0.39, 0.29) is 11.9 Å². The molecule has 1 aromatic carbocycles. The smallest absolute Gasteiger partial charge is 0.131 e. The summed E-state index contributed by atoms with van der Waals surface area (Å²) in [6.45, 7) is 2.05. The van der Waals surface area contributed by atoms with Crippen molar-refractivity contribution in [3.63, 3.8) is 0 Å². The number of hydrogen-bond donors (Lipinski definition) is 1. The Kier molecular flexibility index (Phi) is 5.84. The minimum Gasteiger partial charge on any atom is -0.497 e. The first-order chi connectivity index (χ1) is 9.70. The average Bonchev–Trinajstić information content (AvgIpc) is 2.41. The number of halogens is 1. The lowest BCUT2D eigenvalue weighted by Crippen LogP contribution is -2.32. The number of benzene rings is 1. The highest BCUT2D eigenvalue weighted by Crippen LogP contribution is 2.24. The van der Waals surface area contributed by atoms with E-state index in [0.717, 1.165) is 5.56 Å². The lowest BCUT2D eigenvalue weighted by molar-refractivity contribution is 0.358. The number of methoxy groups -OCH3 is 1. The summed E-state index contributed by atoms with van der Waals surface area (Å²) in [5.74, 6) is 0.389. The summed E-state index contributed by atoms with van der Waals surface area (Å²) >= 11 is 0. The molecule has 1 unspecified atom stereocenters. The maximum atomic E-state index is 14.1. The Morgan fingerprint density at radius 3 is 2.40 bits per heavy atom. The molecule has 1 atom stereocenters. The molecule has 1 fully saturated rings. The minimum absolute atomic E-state index is 0.0466. The third-order valence-corrected chi connectivity index (χ3v) is 4.26. The summed E-state index contributed by atoms with van der Waals surface area (Å²) in [4.78, 5) is 0. The van der Waals surface area contributed by atoms with Crippen LogP contribution < -0.4 is 10.1 Å². The van der Waals surface area contributed by atoms with Crippen LogP contribution in [-0.2, 0) is 0 Å². The zero-order chi connectivity index (χ0) is 14.4. The first-order valence-electron chi connectivity index (χ1n) is 7.80. The predicted octanol–water partition coefficient (Wildman–Crippen LogP) is 4.60. The Hall–Kier alpha value is -1.09. The second-order valence-electron chi connectivity index (χ2n) is 5.82. The minimum atomic E-state index is -0.185. The molecule has 1 aliphatic carbocycles. The van der Waals surface area contributed by atoms with Crippen LogP contribution >= 0.6 is 0 Å². The van der Waals surface area contributed by atoms with Gasteiger partial charge >= 0.3 is 0 Å². The Morgan fingerprint density at radius 1 is 1.15 bits per heavy atom. The van der Waals surface area contributed by atoms with Gasteiger partial charge < -0.3 is 10.1 Å². The molecule has 0 amide bonds. The molecule has 0 radical (unpaired) electrons. The monoisotopic (exact) mass is 279 g/mol. The van der Waals surface area contributed by atoms with Crippen LogP contribution in [0.25, 0.3) is 0 Å². The van der Waals surface area contributed by atoms with Gasteiger partial charge in [-0.25, -0.2) is 4.39 Å². The average molecular weight is 279 g/mol. The van der Waals surface area contributed by atoms with Crippen molar-refractivity contribution < 1.29 is 9.13 Å². The second kappa shape index (κ2) is 7.63. The number of ether oxygens (including phenoxy) is 1. The molecule has 2 rings (SSSR count). The van der Waals surface area contributed by atoms with Crippen molar-refractivity contribution in [2.75, 3.05) is 7.11 Å². The van der Waals surface area contributed by atoms with Crippen LogP contribution in [0.15, 0.2) is 18.2 Å². The first-order valence-corrected chi connectivity index (χ1v) is 7.80. The molecule has 1 aliphatic rings. The lowest BCUT2D eigenvalue weighted by atomic mass is 9.95. The molecular formula is C17H26FNO. The van der Waals surface area contributed by atoms with Gasteiger partial charge in [-0.1, -0.05) is 38.2 Å². The Labute approximate surface area is 121 Å². The van der Waals surface area contributed by atoms with E-state index in [2.05, 4.69) is 5.32 Å². The zero-order valence-electron chi connectivity index (χ0n) is 12.6. The standard InChI is InChI=1S/C17H26FNO/c1-13(16-11-10-15(20-2)12-17(16)18)19-14-8-6-4-3-5-7-9-14/h10-14,19H,3-9H2,1-2H3. The second-order valence-corrected chi connectivity index (χ2v) is 5.82. The van der Waals surface area contributed by atoms with E-state index >= 15 is 0 Å². The van der Waals surface area contributed by atoms with Crippen molar-refractivity contribution in [2.45, 2.75) is 64.0 Å². The zero-order valence-corrected chi connectivity index (χ0v) is 12.6. The summed E-state index contributed by atoms with van der Waals surface area (Å²) in [6.07, 6.45) is 9.04. The van der Waals surface area contributed by atoms with E-state index in [1.807, 2.05) is 19.1 Å². The highest BCUT2D eigenvalue weighted by Gasteiger charge is 2.17. The predicted molar refractivity (Wildman–Crippen MR) is 80.6 cm³/mol. The quantitative estimate of drug-likeness (QED) is 0.870. The van der Waals surface area contributed by atoms with Gasteiger partial charge in [0.2, 0.25) is 0 Å². The molecule has 0 heterocycles. The van der Waals surface area contributed by atoms with Crippen LogP contribution in [0.2, 0.25) is 0 Å². The number of hydrogen-bond acceptors (Lipinski definition) is 2. The highest BCUT2D eigenvalue weighted by molar-refractivity contribution is 5.30. The third-order valence-electron chi connectivity index (χ3n) is 4.26. The van der Waals surface area contributed by atoms with Crippen LogP contribution in [0.3, 0.4) is 0 Å². The molecule has 20 heavy (non-hydrogen) atoms. The molecule has 0 aromatic heterocycles. The van der Waals surface area contributed by atoms with Gasteiger partial charge in [-0.15, -0.1) is 0 Å². The van der Waals surface area contributed by atoms with Gasteiger partial charge in [0, 0.05) is 23.7 Å². The van der Waals surface area contributed by atoms with E-state index in [1.165, 1.54) is 51.0 Å². The topological polar surface area (TPSA) is 21.3 Å². The molecule has 112 valence electrons. The van der Waals surface area contributed by atoms with E-state index in [9.17, 15) is 4.39 Å². The van der Waals surface area contributed by atoms with Gasteiger partial charge in [0.15, 0.2) is 0 Å². The van der Waals surface area contributed by atoms with E-state index in [0.29, 0.717) is 11.8 Å². The normalized spacial score (nSPS) is 19.1. The molecular weight excluding hydrogens is 253 g/mol. The van der Waals surface area contributed by atoms with Crippen LogP contribution in [0.5, 0.6) is 5.75 Å². The van der Waals surface area contributed by atoms with Crippen molar-refractivity contribution in [3.05, 3.63) is 29.6 Å². The van der Waals surface area contributed by atoms with Crippen molar-refractivity contribution in [1.82, 2.24) is 5.32 Å². The third kappa shape index (κ3) is 4.20. The number of nitrogens with one attached hydrogen (secondary N) is 1. The van der Waals surface area contributed by atoms with Crippen molar-refractivity contribution >= 4 is 0 Å². The fraction of sp³-hybridized carbons (Fsp3) is 0.647. The fourth-order valence-corrected chi connectivity index (χ4v) is 3.05. The van der Waals surface area contributed by atoms with Crippen molar-refractivity contribution in [1.29, 1.82) is 0 Å². The van der Waals surface area contributed by atoms with Gasteiger partial charge in [0.05, 0.1) is 7.11 Å². The molecule has 0 bridgehead atoms. The van der Waals surface area contributed by atoms with Gasteiger partial charge in [-0.2, -0.15) is 0 Å². The van der Waals surface area contributed by atoms with E-state index in [1.54, 1.807) is 7.11 Å². The van der Waals surface area contributed by atoms with Gasteiger partial charge in [0.25, 0.3) is 0 Å². The van der Waals surface area contributed by atoms with Crippen LogP contribution in [0.1, 0.15) is 63.5 Å². The molecule has 0 aliphatic heterocycles. The Morgan fingerprint density at radius 2 is 1.80 bits per heavy atom.